The van der Waals surface area contributed by atoms with Gasteiger partial charge in [0, 0.05) is 36.8 Å². The maximum absolute atomic E-state index is 14.1. The van der Waals surface area contributed by atoms with Crippen LogP contribution in [-0.4, -0.2) is 23.0 Å². The molecule has 0 saturated carbocycles. The number of amides is 1. The first-order valence-corrected chi connectivity index (χ1v) is 6.20. The molecule has 0 aliphatic rings. The zero-order chi connectivity index (χ0) is 14.5. The van der Waals surface area contributed by atoms with Crippen LogP contribution in [0.3, 0.4) is 0 Å². The number of nitrogens with zero attached hydrogens (tertiary/aromatic N) is 1. The molecule has 1 aromatic heterocycles. The van der Waals surface area contributed by atoms with Crippen LogP contribution in [0.4, 0.5) is 10.2 Å². The molecular formula is C13H21FN4O. The van der Waals surface area contributed by atoms with Gasteiger partial charge >= 0.3 is 0 Å². The van der Waals surface area contributed by atoms with Crippen LogP contribution in [0.2, 0.25) is 0 Å². The van der Waals surface area contributed by atoms with Crippen molar-refractivity contribution in [2.45, 2.75) is 39.3 Å². The van der Waals surface area contributed by atoms with E-state index in [4.69, 9.17) is 5.73 Å². The van der Waals surface area contributed by atoms with E-state index in [1.807, 2.05) is 20.8 Å². The van der Waals surface area contributed by atoms with Crippen molar-refractivity contribution in [2.24, 2.45) is 5.73 Å². The highest BCUT2D eigenvalue weighted by Crippen LogP contribution is 2.15. The molecule has 0 aliphatic carbocycles. The van der Waals surface area contributed by atoms with E-state index >= 15 is 0 Å². The minimum Gasteiger partial charge on any atom is -0.370 e. The molecule has 0 aromatic carbocycles. The molecule has 0 bridgehead atoms. The second kappa shape index (κ2) is 6.47. The molecule has 6 heteroatoms. The van der Waals surface area contributed by atoms with Gasteiger partial charge in [-0.05, 0) is 26.8 Å². The number of rotatable bonds is 6. The van der Waals surface area contributed by atoms with Crippen LogP contribution in [0.15, 0.2) is 12.3 Å². The lowest BCUT2D eigenvalue weighted by molar-refractivity contribution is -0.117. The first-order valence-electron chi connectivity index (χ1n) is 6.20. The average Bonchev–Trinajstić information content (AvgIpc) is 2.28. The molecule has 0 aliphatic heterocycles. The number of halogens is 1. The minimum absolute atomic E-state index is 0.0880. The topological polar surface area (TPSA) is 80.0 Å². The normalized spacial score (nSPS) is 11.4. The van der Waals surface area contributed by atoms with Crippen LogP contribution >= 0.6 is 0 Å². The fraction of sp³-hybridized carbons (Fsp3) is 0.538. The van der Waals surface area contributed by atoms with Gasteiger partial charge in [0.1, 0.15) is 0 Å². The Labute approximate surface area is 112 Å². The monoisotopic (exact) mass is 268 g/mol. The summed E-state index contributed by atoms with van der Waals surface area (Å²) in [6, 6.07) is 1.63. The number of nitrogens with two attached hydrogens (primary N) is 1. The summed E-state index contributed by atoms with van der Waals surface area (Å²) in [6.45, 7) is 6.73. The molecule has 0 unspecified atom stereocenters. The van der Waals surface area contributed by atoms with E-state index in [0.717, 1.165) is 0 Å². The lowest BCUT2D eigenvalue weighted by atomic mass is 10.1. The zero-order valence-electron chi connectivity index (χ0n) is 11.6. The Morgan fingerprint density at radius 2 is 2.16 bits per heavy atom. The predicted molar refractivity (Wildman–Crippen MR) is 73.1 cm³/mol. The number of nitrogens with one attached hydrogen (secondary N) is 2. The van der Waals surface area contributed by atoms with E-state index in [0.29, 0.717) is 12.1 Å². The summed E-state index contributed by atoms with van der Waals surface area (Å²) in [4.78, 5) is 14.5. The molecule has 4 N–H and O–H groups in total. The number of carbonyl (C=O) groups is 1. The van der Waals surface area contributed by atoms with Crippen molar-refractivity contribution in [2.75, 3.05) is 11.9 Å². The van der Waals surface area contributed by atoms with Crippen LogP contribution in [0.25, 0.3) is 0 Å². The Balaban J connectivity index is 2.66. The van der Waals surface area contributed by atoms with Gasteiger partial charge in [-0.15, -0.1) is 0 Å². The fourth-order valence-corrected chi connectivity index (χ4v) is 1.41. The third-order valence-corrected chi connectivity index (χ3v) is 2.44. The highest BCUT2D eigenvalue weighted by atomic mass is 19.1. The summed E-state index contributed by atoms with van der Waals surface area (Å²) in [5, 5.41) is 5.98. The van der Waals surface area contributed by atoms with Crippen molar-refractivity contribution in [3.05, 3.63) is 23.6 Å². The molecule has 0 spiro atoms. The molecule has 1 amide bonds. The van der Waals surface area contributed by atoms with E-state index in [-0.39, 0.29) is 24.3 Å². The van der Waals surface area contributed by atoms with E-state index in [1.165, 1.54) is 6.20 Å². The molecule has 0 saturated heterocycles. The van der Waals surface area contributed by atoms with E-state index in [9.17, 15) is 9.18 Å². The summed E-state index contributed by atoms with van der Waals surface area (Å²) in [5.74, 6) is -0.684. The number of pyridine rings is 1. The van der Waals surface area contributed by atoms with E-state index < -0.39 is 11.7 Å². The van der Waals surface area contributed by atoms with Crippen molar-refractivity contribution in [3.63, 3.8) is 0 Å². The molecule has 19 heavy (non-hydrogen) atoms. The summed E-state index contributed by atoms with van der Waals surface area (Å²) in [7, 11) is 0. The standard InChI is InChI=1S/C13H21FN4O/c1-13(2,3)18-8-9-4-6-16-12(11(9)14)17-7-5-10(15)19/h4,6,18H,5,7-8H2,1-3H3,(H2,15,19)(H,16,17). The van der Waals surface area contributed by atoms with Gasteiger partial charge in [0.25, 0.3) is 0 Å². The third-order valence-electron chi connectivity index (χ3n) is 2.44. The van der Waals surface area contributed by atoms with Gasteiger partial charge in [0.2, 0.25) is 5.91 Å². The number of hydrogen-bond acceptors (Lipinski definition) is 4. The maximum atomic E-state index is 14.1. The Morgan fingerprint density at radius 3 is 2.74 bits per heavy atom. The van der Waals surface area contributed by atoms with Gasteiger partial charge in [-0.3, -0.25) is 4.79 Å². The summed E-state index contributed by atoms with van der Waals surface area (Å²) in [6.07, 6.45) is 1.68. The van der Waals surface area contributed by atoms with Crippen molar-refractivity contribution in [3.8, 4) is 0 Å². The summed E-state index contributed by atoms with van der Waals surface area (Å²) >= 11 is 0. The van der Waals surface area contributed by atoms with Crippen LogP contribution in [0, 0.1) is 5.82 Å². The molecule has 5 nitrogen and oxygen atoms in total. The molecule has 0 atom stereocenters. The minimum atomic E-state index is -0.432. The van der Waals surface area contributed by atoms with Crippen LogP contribution in [0.1, 0.15) is 32.8 Å². The van der Waals surface area contributed by atoms with Crippen molar-refractivity contribution >= 4 is 11.7 Å². The molecule has 1 heterocycles. The van der Waals surface area contributed by atoms with Gasteiger partial charge in [-0.1, -0.05) is 0 Å². The highest BCUT2D eigenvalue weighted by Gasteiger charge is 2.13. The molecule has 1 rings (SSSR count). The van der Waals surface area contributed by atoms with Crippen molar-refractivity contribution in [1.29, 1.82) is 0 Å². The summed E-state index contributed by atoms with van der Waals surface area (Å²) < 4.78 is 14.1. The van der Waals surface area contributed by atoms with Gasteiger partial charge in [-0.25, -0.2) is 9.37 Å². The van der Waals surface area contributed by atoms with Crippen molar-refractivity contribution in [1.82, 2.24) is 10.3 Å². The predicted octanol–water partition coefficient (Wildman–Crippen LogP) is 1.40. The Morgan fingerprint density at radius 1 is 1.47 bits per heavy atom. The number of hydrogen-bond donors (Lipinski definition) is 3. The first-order chi connectivity index (χ1) is 8.79. The van der Waals surface area contributed by atoms with Crippen LogP contribution in [0.5, 0.6) is 0 Å². The number of primary amides is 1. The smallest absolute Gasteiger partial charge is 0.219 e. The zero-order valence-corrected chi connectivity index (χ0v) is 11.6. The van der Waals surface area contributed by atoms with Crippen LogP contribution in [-0.2, 0) is 11.3 Å². The van der Waals surface area contributed by atoms with E-state index in [2.05, 4.69) is 15.6 Å². The lowest BCUT2D eigenvalue weighted by Crippen LogP contribution is -2.35. The highest BCUT2D eigenvalue weighted by molar-refractivity contribution is 5.74. The lowest BCUT2D eigenvalue weighted by Gasteiger charge is -2.21. The van der Waals surface area contributed by atoms with Crippen molar-refractivity contribution < 1.29 is 9.18 Å². The third kappa shape index (κ3) is 5.65. The second-order valence-electron chi connectivity index (χ2n) is 5.38. The average molecular weight is 268 g/mol. The SMILES string of the molecule is CC(C)(C)NCc1ccnc(NCCC(N)=O)c1F. The molecule has 1 aromatic rings. The van der Waals surface area contributed by atoms with Gasteiger partial charge in [0.05, 0.1) is 0 Å². The molecular weight excluding hydrogens is 247 g/mol. The van der Waals surface area contributed by atoms with Gasteiger partial charge in [-0.2, -0.15) is 0 Å². The van der Waals surface area contributed by atoms with Gasteiger partial charge < -0.3 is 16.4 Å². The molecule has 0 radical (unpaired) electrons. The first kappa shape index (κ1) is 15.4. The Hall–Kier alpha value is -1.69. The van der Waals surface area contributed by atoms with E-state index in [1.54, 1.807) is 6.07 Å². The Bertz CT molecular complexity index is 443. The number of aromatic nitrogens is 1. The molecule has 0 fully saturated rings. The molecule has 106 valence electrons. The largest absolute Gasteiger partial charge is 0.370 e. The fourth-order valence-electron chi connectivity index (χ4n) is 1.41. The second-order valence-corrected chi connectivity index (χ2v) is 5.38. The summed E-state index contributed by atoms with van der Waals surface area (Å²) in [5.41, 5.74) is 5.46. The van der Waals surface area contributed by atoms with Crippen LogP contribution < -0.4 is 16.4 Å². The van der Waals surface area contributed by atoms with Gasteiger partial charge in [0.15, 0.2) is 11.6 Å². The quantitative estimate of drug-likeness (QED) is 0.728. The number of anilines is 1. The Kier molecular flexibility index (Phi) is 5.23. The number of carbonyl (C=O) groups excluding carboxylic acids is 1. The maximum Gasteiger partial charge on any atom is 0.219 e.